The van der Waals surface area contributed by atoms with Gasteiger partial charge in [-0.15, -0.1) is 0 Å². The van der Waals surface area contributed by atoms with Crippen LogP contribution in [0.2, 0.25) is 0 Å². The van der Waals surface area contributed by atoms with Crippen LogP contribution in [0.25, 0.3) is 0 Å². The summed E-state index contributed by atoms with van der Waals surface area (Å²) in [6.45, 7) is 7.10. The Kier molecular flexibility index (Phi) is 4.69. The van der Waals surface area contributed by atoms with E-state index in [2.05, 4.69) is 34.9 Å². The van der Waals surface area contributed by atoms with Gasteiger partial charge in [0.25, 0.3) is 0 Å². The Labute approximate surface area is 128 Å². The van der Waals surface area contributed by atoms with Crippen LogP contribution in [-0.4, -0.2) is 44.2 Å². The minimum absolute atomic E-state index is 0.834. The quantitative estimate of drug-likeness (QED) is 0.848. The molecule has 0 bridgehead atoms. The standard InChI is InChI=1S/C18H28N2O/c1-15-5-3-6-16(13-15)19-9-11-20(12-10-19)17-7-4-8-18(14-17)21-2/h4,7-8,14-16H,3,5-6,9-13H2,1-2H3/t15-,16+/m1/s1. The Bertz CT molecular complexity index is 454. The van der Waals surface area contributed by atoms with Crippen molar-refractivity contribution in [2.24, 2.45) is 5.92 Å². The van der Waals surface area contributed by atoms with Crippen molar-refractivity contribution in [1.82, 2.24) is 4.90 Å². The molecule has 2 atom stereocenters. The lowest BCUT2D eigenvalue weighted by atomic mass is 9.86. The fraction of sp³-hybridized carbons (Fsp3) is 0.667. The van der Waals surface area contributed by atoms with Crippen LogP contribution < -0.4 is 9.64 Å². The van der Waals surface area contributed by atoms with Crippen molar-refractivity contribution in [3.8, 4) is 5.75 Å². The molecule has 0 spiro atoms. The number of rotatable bonds is 3. The van der Waals surface area contributed by atoms with Crippen LogP contribution >= 0.6 is 0 Å². The van der Waals surface area contributed by atoms with Gasteiger partial charge in [-0.3, -0.25) is 4.90 Å². The largest absolute Gasteiger partial charge is 0.497 e. The minimum atomic E-state index is 0.834. The number of anilines is 1. The first-order valence-corrected chi connectivity index (χ1v) is 8.39. The second kappa shape index (κ2) is 6.69. The second-order valence-electron chi connectivity index (χ2n) is 6.65. The van der Waals surface area contributed by atoms with Crippen LogP contribution in [0, 0.1) is 5.92 Å². The van der Waals surface area contributed by atoms with Gasteiger partial charge in [0.05, 0.1) is 7.11 Å². The highest BCUT2D eigenvalue weighted by atomic mass is 16.5. The van der Waals surface area contributed by atoms with Crippen LogP contribution in [0.4, 0.5) is 5.69 Å². The Morgan fingerprint density at radius 2 is 1.90 bits per heavy atom. The lowest BCUT2D eigenvalue weighted by molar-refractivity contribution is 0.127. The molecule has 1 aliphatic heterocycles. The molecule has 1 aromatic rings. The summed E-state index contributed by atoms with van der Waals surface area (Å²) in [6.07, 6.45) is 5.66. The molecule has 21 heavy (non-hydrogen) atoms. The van der Waals surface area contributed by atoms with Crippen LogP contribution in [0.15, 0.2) is 24.3 Å². The summed E-state index contributed by atoms with van der Waals surface area (Å²) < 4.78 is 5.34. The average Bonchev–Trinajstić information content (AvgIpc) is 2.55. The third kappa shape index (κ3) is 3.52. The summed E-state index contributed by atoms with van der Waals surface area (Å²) in [5.74, 6) is 1.87. The van der Waals surface area contributed by atoms with E-state index in [1.165, 1.54) is 44.5 Å². The van der Waals surface area contributed by atoms with Crippen molar-refractivity contribution in [3.05, 3.63) is 24.3 Å². The van der Waals surface area contributed by atoms with Gasteiger partial charge in [-0.1, -0.05) is 25.8 Å². The normalized spacial score (nSPS) is 27.6. The molecule has 2 aliphatic rings. The van der Waals surface area contributed by atoms with Crippen molar-refractivity contribution in [1.29, 1.82) is 0 Å². The molecule has 0 amide bonds. The Morgan fingerprint density at radius 1 is 1.10 bits per heavy atom. The van der Waals surface area contributed by atoms with Gasteiger partial charge < -0.3 is 9.64 Å². The van der Waals surface area contributed by atoms with Crippen LogP contribution in [0.5, 0.6) is 5.75 Å². The fourth-order valence-corrected chi connectivity index (χ4v) is 3.89. The highest BCUT2D eigenvalue weighted by Crippen LogP contribution is 2.29. The van der Waals surface area contributed by atoms with Crippen molar-refractivity contribution in [3.63, 3.8) is 0 Å². The summed E-state index contributed by atoms with van der Waals surface area (Å²) in [6, 6.07) is 9.28. The summed E-state index contributed by atoms with van der Waals surface area (Å²) in [5, 5.41) is 0. The molecular weight excluding hydrogens is 260 g/mol. The molecule has 1 aromatic carbocycles. The molecule has 1 saturated heterocycles. The molecule has 1 saturated carbocycles. The van der Waals surface area contributed by atoms with Crippen LogP contribution in [0.1, 0.15) is 32.6 Å². The monoisotopic (exact) mass is 288 g/mol. The van der Waals surface area contributed by atoms with Crippen LogP contribution in [-0.2, 0) is 0 Å². The number of nitrogens with zero attached hydrogens (tertiary/aromatic N) is 2. The van der Waals surface area contributed by atoms with E-state index in [0.717, 1.165) is 30.8 Å². The van der Waals surface area contributed by atoms with Crippen molar-refractivity contribution >= 4 is 5.69 Å². The number of hydrogen-bond acceptors (Lipinski definition) is 3. The van der Waals surface area contributed by atoms with E-state index in [0.29, 0.717) is 0 Å². The van der Waals surface area contributed by atoms with E-state index in [9.17, 15) is 0 Å². The van der Waals surface area contributed by atoms with Crippen molar-refractivity contribution in [2.75, 3.05) is 38.2 Å². The van der Waals surface area contributed by atoms with Gasteiger partial charge in [0.2, 0.25) is 0 Å². The smallest absolute Gasteiger partial charge is 0.120 e. The SMILES string of the molecule is COc1cccc(N2CCN([C@H]3CCC[C@@H](C)C3)CC2)c1. The van der Waals surface area contributed by atoms with E-state index in [4.69, 9.17) is 4.74 Å². The van der Waals surface area contributed by atoms with Gasteiger partial charge in [0.1, 0.15) is 5.75 Å². The molecule has 1 aliphatic carbocycles. The third-order valence-corrected chi connectivity index (χ3v) is 5.16. The molecule has 2 fully saturated rings. The second-order valence-corrected chi connectivity index (χ2v) is 6.65. The Hall–Kier alpha value is -1.22. The van der Waals surface area contributed by atoms with E-state index in [1.807, 2.05) is 6.07 Å². The van der Waals surface area contributed by atoms with Crippen molar-refractivity contribution < 1.29 is 4.74 Å². The maximum absolute atomic E-state index is 5.34. The van der Waals surface area contributed by atoms with Gasteiger partial charge in [0.15, 0.2) is 0 Å². The zero-order valence-corrected chi connectivity index (χ0v) is 13.4. The molecule has 0 radical (unpaired) electrons. The maximum Gasteiger partial charge on any atom is 0.120 e. The average molecular weight is 288 g/mol. The molecule has 0 aromatic heterocycles. The Morgan fingerprint density at radius 3 is 2.62 bits per heavy atom. The number of benzene rings is 1. The summed E-state index contributed by atoms with van der Waals surface area (Å²) >= 11 is 0. The summed E-state index contributed by atoms with van der Waals surface area (Å²) in [4.78, 5) is 5.22. The Balaban J connectivity index is 1.57. The molecule has 3 heteroatoms. The van der Waals surface area contributed by atoms with Gasteiger partial charge in [0, 0.05) is 44.0 Å². The lowest BCUT2D eigenvalue weighted by Crippen LogP contribution is -2.51. The number of piperazine rings is 1. The van der Waals surface area contributed by atoms with E-state index < -0.39 is 0 Å². The van der Waals surface area contributed by atoms with E-state index >= 15 is 0 Å². The van der Waals surface area contributed by atoms with Gasteiger partial charge in [-0.25, -0.2) is 0 Å². The lowest BCUT2D eigenvalue weighted by Gasteiger charge is -2.42. The molecule has 3 nitrogen and oxygen atoms in total. The minimum Gasteiger partial charge on any atom is -0.497 e. The predicted octanol–water partition coefficient (Wildman–Crippen LogP) is 3.40. The predicted molar refractivity (Wildman–Crippen MR) is 88.2 cm³/mol. The van der Waals surface area contributed by atoms with Gasteiger partial charge in [-0.2, -0.15) is 0 Å². The number of methoxy groups -OCH3 is 1. The topological polar surface area (TPSA) is 15.7 Å². The molecule has 0 N–H and O–H groups in total. The summed E-state index contributed by atoms with van der Waals surface area (Å²) in [5.41, 5.74) is 1.30. The van der Waals surface area contributed by atoms with Gasteiger partial charge in [-0.05, 0) is 30.9 Å². The van der Waals surface area contributed by atoms with Crippen molar-refractivity contribution in [2.45, 2.75) is 38.6 Å². The zero-order valence-electron chi connectivity index (χ0n) is 13.4. The molecule has 3 rings (SSSR count). The fourth-order valence-electron chi connectivity index (χ4n) is 3.89. The first-order valence-electron chi connectivity index (χ1n) is 8.39. The maximum atomic E-state index is 5.34. The van der Waals surface area contributed by atoms with E-state index in [-0.39, 0.29) is 0 Å². The summed E-state index contributed by atoms with van der Waals surface area (Å²) in [7, 11) is 1.74. The number of hydrogen-bond donors (Lipinski definition) is 0. The van der Waals surface area contributed by atoms with E-state index in [1.54, 1.807) is 7.11 Å². The number of ether oxygens (including phenoxy) is 1. The first-order chi connectivity index (χ1) is 10.3. The molecule has 1 heterocycles. The highest BCUT2D eigenvalue weighted by molar-refractivity contribution is 5.51. The van der Waals surface area contributed by atoms with Crippen LogP contribution in [0.3, 0.4) is 0 Å². The molecule has 0 unspecified atom stereocenters. The van der Waals surface area contributed by atoms with Gasteiger partial charge >= 0.3 is 0 Å². The zero-order chi connectivity index (χ0) is 14.7. The highest BCUT2D eigenvalue weighted by Gasteiger charge is 2.27. The molecular formula is C18H28N2O. The third-order valence-electron chi connectivity index (χ3n) is 5.16. The first kappa shape index (κ1) is 14.7. The molecule has 116 valence electrons.